The van der Waals surface area contributed by atoms with Crippen molar-refractivity contribution in [2.45, 2.75) is 39.8 Å². The Morgan fingerprint density at radius 3 is 2.85 bits per heavy atom. The molecule has 0 amide bonds. The van der Waals surface area contributed by atoms with Gasteiger partial charge in [0, 0.05) is 25.7 Å². The molecule has 0 atom stereocenters. The Labute approximate surface area is 124 Å². The fraction of sp³-hybridized carbons (Fsp3) is 0.533. The molecule has 5 heteroatoms. The highest BCUT2D eigenvalue weighted by atomic mass is 32.1. The molecule has 0 saturated carbocycles. The number of hydrogen-bond acceptors (Lipinski definition) is 5. The van der Waals surface area contributed by atoms with Gasteiger partial charge in [-0.2, -0.15) is 0 Å². The summed E-state index contributed by atoms with van der Waals surface area (Å²) in [4.78, 5) is 7.99. The number of aromatic nitrogens is 1. The minimum absolute atomic E-state index is 0.224. The van der Waals surface area contributed by atoms with Crippen LogP contribution in [0.3, 0.4) is 0 Å². The molecular weight excluding hydrogens is 272 g/mol. The number of aryl methyl sites for hydroxylation is 1. The van der Waals surface area contributed by atoms with Crippen LogP contribution in [0, 0.1) is 6.92 Å². The van der Waals surface area contributed by atoms with Crippen LogP contribution >= 0.6 is 11.3 Å². The average Bonchev–Trinajstić information content (AvgIpc) is 3.04. The second-order valence-corrected chi connectivity index (χ2v) is 6.09. The van der Waals surface area contributed by atoms with Crippen LogP contribution in [0.25, 0.3) is 10.8 Å². The molecule has 0 aliphatic heterocycles. The van der Waals surface area contributed by atoms with Crippen LogP contribution in [0.2, 0.25) is 0 Å². The maximum absolute atomic E-state index is 8.99. The van der Waals surface area contributed by atoms with E-state index in [9.17, 15) is 0 Å². The van der Waals surface area contributed by atoms with Crippen molar-refractivity contribution < 1.29 is 9.52 Å². The van der Waals surface area contributed by atoms with Crippen molar-refractivity contribution in [1.82, 2.24) is 9.88 Å². The van der Waals surface area contributed by atoms with Gasteiger partial charge in [0.15, 0.2) is 0 Å². The van der Waals surface area contributed by atoms with Crippen LogP contribution < -0.4 is 0 Å². The molecule has 0 bridgehead atoms. The Bertz CT molecular complexity index is 520. The third kappa shape index (κ3) is 3.69. The molecule has 2 aromatic rings. The first-order valence-corrected chi connectivity index (χ1v) is 7.85. The summed E-state index contributed by atoms with van der Waals surface area (Å²) < 4.78 is 5.77. The zero-order valence-corrected chi connectivity index (χ0v) is 13.1. The molecule has 2 heterocycles. The molecule has 0 aromatic carbocycles. The van der Waals surface area contributed by atoms with E-state index in [1.54, 1.807) is 11.3 Å². The zero-order valence-electron chi connectivity index (χ0n) is 12.3. The zero-order chi connectivity index (χ0) is 14.5. The van der Waals surface area contributed by atoms with Crippen LogP contribution in [-0.4, -0.2) is 34.2 Å². The Balaban J connectivity index is 2.12. The fourth-order valence-corrected chi connectivity index (χ4v) is 2.72. The molecule has 1 N–H and O–H groups in total. The fourth-order valence-electron chi connectivity index (χ4n) is 2.07. The summed E-state index contributed by atoms with van der Waals surface area (Å²) in [6.07, 6.45) is 0.785. The number of rotatable bonds is 7. The lowest BCUT2D eigenvalue weighted by atomic mass is 10.2. The predicted octanol–water partition coefficient (Wildman–Crippen LogP) is 3.30. The van der Waals surface area contributed by atoms with Crippen molar-refractivity contribution in [1.29, 1.82) is 0 Å². The first kappa shape index (κ1) is 15.2. The molecule has 0 aliphatic rings. The Morgan fingerprint density at radius 1 is 1.45 bits per heavy atom. The van der Waals surface area contributed by atoms with E-state index in [1.807, 2.05) is 24.4 Å². The Hall–Kier alpha value is -1.17. The first-order chi connectivity index (χ1) is 9.61. The van der Waals surface area contributed by atoms with Gasteiger partial charge in [-0.3, -0.25) is 4.90 Å². The van der Waals surface area contributed by atoms with Gasteiger partial charge in [0.25, 0.3) is 0 Å². The summed E-state index contributed by atoms with van der Waals surface area (Å²) in [5.41, 5.74) is 0.986. The maximum atomic E-state index is 8.99. The molecule has 110 valence electrons. The number of thiophene rings is 1. The van der Waals surface area contributed by atoms with E-state index in [-0.39, 0.29) is 6.61 Å². The van der Waals surface area contributed by atoms with Gasteiger partial charge in [0.2, 0.25) is 5.89 Å². The van der Waals surface area contributed by atoms with Gasteiger partial charge in [-0.15, -0.1) is 11.3 Å². The van der Waals surface area contributed by atoms with Gasteiger partial charge < -0.3 is 9.52 Å². The monoisotopic (exact) mass is 294 g/mol. The largest absolute Gasteiger partial charge is 0.440 e. The summed E-state index contributed by atoms with van der Waals surface area (Å²) >= 11 is 1.63. The highest BCUT2D eigenvalue weighted by Gasteiger charge is 2.17. The van der Waals surface area contributed by atoms with E-state index in [0.29, 0.717) is 11.9 Å². The van der Waals surface area contributed by atoms with Crippen LogP contribution in [0.1, 0.15) is 31.7 Å². The average molecular weight is 294 g/mol. The van der Waals surface area contributed by atoms with Gasteiger partial charge in [-0.05, 0) is 38.6 Å². The minimum Gasteiger partial charge on any atom is -0.440 e. The highest BCUT2D eigenvalue weighted by Crippen LogP contribution is 2.26. The van der Waals surface area contributed by atoms with E-state index in [4.69, 9.17) is 9.52 Å². The summed E-state index contributed by atoms with van der Waals surface area (Å²) in [5.74, 6) is 1.58. The Kier molecular flexibility index (Phi) is 5.34. The second kappa shape index (κ2) is 7.02. The molecule has 0 fully saturated rings. The quantitative estimate of drug-likeness (QED) is 0.851. The maximum Gasteiger partial charge on any atom is 0.236 e. The van der Waals surface area contributed by atoms with Crippen molar-refractivity contribution in [3.05, 3.63) is 29.0 Å². The normalized spacial score (nSPS) is 11.7. The molecule has 0 spiro atoms. The molecule has 20 heavy (non-hydrogen) atoms. The van der Waals surface area contributed by atoms with E-state index in [0.717, 1.165) is 35.8 Å². The predicted molar refractivity (Wildman–Crippen MR) is 81.8 cm³/mol. The molecule has 4 nitrogen and oxygen atoms in total. The lowest BCUT2D eigenvalue weighted by molar-refractivity contribution is 0.182. The first-order valence-electron chi connectivity index (χ1n) is 6.97. The third-order valence-electron chi connectivity index (χ3n) is 3.31. The van der Waals surface area contributed by atoms with Gasteiger partial charge in [-0.25, -0.2) is 4.98 Å². The van der Waals surface area contributed by atoms with E-state index in [2.05, 4.69) is 23.7 Å². The highest BCUT2D eigenvalue weighted by molar-refractivity contribution is 7.13. The summed E-state index contributed by atoms with van der Waals surface area (Å²) in [6, 6.07) is 4.44. The molecular formula is C15H22N2O2S. The number of aliphatic hydroxyl groups excluding tert-OH is 1. The summed E-state index contributed by atoms with van der Waals surface area (Å²) in [5, 5.41) is 11.0. The van der Waals surface area contributed by atoms with Crippen LogP contribution in [0.5, 0.6) is 0 Å². The van der Waals surface area contributed by atoms with Crippen molar-refractivity contribution in [3.63, 3.8) is 0 Å². The van der Waals surface area contributed by atoms with Crippen LogP contribution in [0.15, 0.2) is 21.9 Å². The van der Waals surface area contributed by atoms with Gasteiger partial charge >= 0.3 is 0 Å². The minimum atomic E-state index is 0.224. The number of aliphatic hydroxyl groups is 1. The van der Waals surface area contributed by atoms with Crippen LogP contribution in [0.4, 0.5) is 0 Å². The SMILES string of the molecule is Cc1oc(-c2cccs2)nc1CN(CCCO)C(C)C. The van der Waals surface area contributed by atoms with Crippen LogP contribution in [-0.2, 0) is 6.54 Å². The van der Waals surface area contributed by atoms with E-state index < -0.39 is 0 Å². The molecule has 0 radical (unpaired) electrons. The Morgan fingerprint density at radius 2 is 2.25 bits per heavy atom. The van der Waals surface area contributed by atoms with E-state index in [1.165, 1.54) is 0 Å². The molecule has 0 aliphatic carbocycles. The third-order valence-corrected chi connectivity index (χ3v) is 4.17. The van der Waals surface area contributed by atoms with Gasteiger partial charge in [-0.1, -0.05) is 6.07 Å². The van der Waals surface area contributed by atoms with Gasteiger partial charge in [0.05, 0.1) is 10.6 Å². The van der Waals surface area contributed by atoms with Crippen molar-refractivity contribution in [2.75, 3.05) is 13.2 Å². The molecule has 0 saturated heterocycles. The topological polar surface area (TPSA) is 49.5 Å². The lowest BCUT2D eigenvalue weighted by Crippen LogP contribution is -2.32. The van der Waals surface area contributed by atoms with Crippen molar-refractivity contribution >= 4 is 11.3 Å². The summed E-state index contributed by atoms with van der Waals surface area (Å²) in [7, 11) is 0. The lowest BCUT2D eigenvalue weighted by Gasteiger charge is -2.25. The molecule has 2 rings (SSSR count). The van der Waals surface area contributed by atoms with Crippen molar-refractivity contribution in [2.24, 2.45) is 0 Å². The number of hydrogen-bond donors (Lipinski definition) is 1. The van der Waals surface area contributed by atoms with Crippen molar-refractivity contribution in [3.8, 4) is 10.8 Å². The number of nitrogens with zero attached hydrogens (tertiary/aromatic N) is 2. The van der Waals surface area contributed by atoms with E-state index >= 15 is 0 Å². The second-order valence-electron chi connectivity index (χ2n) is 5.14. The standard InChI is InChI=1S/C15H22N2O2S/c1-11(2)17(7-5-8-18)10-13-12(3)19-15(16-13)14-6-4-9-20-14/h4,6,9,11,18H,5,7-8,10H2,1-3H3. The molecule has 2 aromatic heterocycles. The molecule has 0 unspecified atom stereocenters. The number of oxazole rings is 1. The van der Waals surface area contributed by atoms with Gasteiger partial charge in [0.1, 0.15) is 5.76 Å². The summed E-state index contributed by atoms with van der Waals surface area (Å²) in [6.45, 7) is 8.14. The smallest absolute Gasteiger partial charge is 0.236 e.